The van der Waals surface area contributed by atoms with E-state index in [1.165, 1.54) is 19.3 Å². The Morgan fingerprint density at radius 1 is 1.05 bits per heavy atom. The number of piperidine rings is 1. The van der Waals surface area contributed by atoms with Crippen molar-refractivity contribution in [2.45, 2.75) is 56.9 Å². The largest absolute Gasteiger partial charge is 0.337 e. The van der Waals surface area contributed by atoms with Gasteiger partial charge in [0.2, 0.25) is 5.91 Å². The Kier molecular flexibility index (Phi) is 3.04. The van der Waals surface area contributed by atoms with Crippen LogP contribution in [0.2, 0.25) is 0 Å². The van der Waals surface area contributed by atoms with Crippen molar-refractivity contribution in [2.75, 3.05) is 13.1 Å². The second kappa shape index (κ2) is 4.71. The summed E-state index contributed by atoms with van der Waals surface area (Å²) in [4.78, 5) is 13.0. The quantitative estimate of drug-likeness (QED) is 0.816. The molecule has 4 saturated carbocycles. The second-order valence-corrected chi connectivity index (χ2v) is 8.10. The molecule has 21 heavy (non-hydrogen) atoms. The Bertz CT molecular complexity index is 451. The van der Waals surface area contributed by atoms with E-state index in [1.807, 2.05) is 0 Å². The first-order valence-electron chi connectivity index (χ1n) is 8.58. The molecule has 5 rings (SSSR count). The van der Waals surface area contributed by atoms with Gasteiger partial charge in [-0.05, 0) is 82.2 Å². The Morgan fingerprint density at radius 3 is 2.05 bits per heavy atom. The molecule has 1 saturated heterocycles. The maximum Gasteiger partial charge on any atom is 0.227 e. The lowest BCUT2D eigenvalue weighted by molar-refractivity contribution is -0.148. The number of nitrogens with zero attached hydrogens (tertiary/aromatic N) is 1. The molecule has 0 unspecified atom stereocenters. The van der Waals surface area contributed by atoms with Crippen LogP contribution in [-0.4, -0.2) is 24.5 Å². The monoisotopic (exact) mass is 287 g/mol. The normalized spacial score (nSPS) is 43.3. The van der Waals surface area contributed by atoms with Gasteiger partial charge in [0.25, 0.3) is 0 Å². The van der Waals surface area contributed by atoms with Crippen LogP contribution >= 0.6 is 0 Å². The molecule has 1 aliphatic heterocycles. The predicted octanol–water partition coefficient (Wildman–Crippen LogP) is 1.96. The van der Waals surface area contributed by atoms with Crippen LogP contribution < -0.4 is 10.6 Å². The van der Waals surface area contributed by atoms with E-state index in [4.69, 9.17) is 0 Å². The number of amides is 1. The molecular weight excluding hydrogens is 262 g/mol. The van der Waals surface area contributed by atoms with E-state index in [-0.39, 0.29) is 11.3 Å². The topological polar surface area (TPSA) is 64.9 Å². The van der Waals surface area contributed by atoms with Gasteiger partial charge in [-0.3, -0.25) is 4.79 Å². The van der Waals surface area contributed by atoms with Crippen LogP contribution in [0.5, 0.6) is 0 Å². The van der Waals surface area contributed by atoms with Crippen LogP contribution in [0.3, 0.4) is 0 Å². The van der Waals surface area contributed by atoms with E-state index in [1.54, 1.807) is 0 Å². The van der Waals surface area contributed by atoms with Crippen molar-refractivity contribution in [2.24, 2.45) is 23.2 Å². The minimum atomic E-state index is -0.619. The first-order valence-corrected chi connectivity index (χ1v) is 8.58. The molecule has 5 aliphatic rings. The SMILES string of the molecule is N#CC1(NC(=O)C23CC4CC(CC(C4)C2)C3)CCNCC1. The van der Waals surface area contributed by atoms with Crippen molar-refractivity contribution >= 4 is 5.91 Å². The number of carbonyl (C=O) groups is 1. The van der Waals surface area contributed by atoms with Gasteiger partial charge >= 0.3 is 0 Å². The summed E-state index contributed by atoms with van der Waals surface area (Å²) in [6.45, 7) is 1.66. The summed E-state index contributed by atoms with van der Waals surface area (Å²) in [5.74, 6) is 2.51. The fourth-order valence-corrected chi connectivity index (χ4v) is 5.86. The number of carbonyl (C=O) groups excluding carboxylic acids is 1. The molecule has 5 fully saturated rings. The van der Waals surface area contributed by atoms with Gasteiger partial charge in [0.15, 0.2) is 0 Å². The lowest BCUT2D eigenvalue weighted by Gasteiger charge is -2.56. The van der Waals surface area contributed by atoms with Crippen LogP contribution in [0.25, 0.3) is 0 Å². The minimum Gasteiger partial charge on any atom is -0.337 e. The molecule has 0 spiro atoms. The molecule has 1 amide bonds. The Labute approximate surface area is 126 Å². The van der Waals surface area contributed by atoms with Crippen LogP contribution in [0.4, 0.5) is 0 Å². The van der Waals surface area contributed by atoms with Crippen molar-refractivity contribution in [3.63, 3.8) is 0 Å². The molecule has 4 nitrogen and oxygen atoms in total. The number of nitrogens with one attached hydrogen (secondary N) is 2. The number of nitriles is 1. The molecule has 0 radical (unpaired) electrons. The highest BCUT2D eigenvalue weighted by Crippen LogP contribution is 2.60. The first kappa shape index (κ1) is 13.6. The summed E-state index contributed by atoms with van der Waals surface area (Å²) >= 11 is 0. The average molecular weight is 287 g/mol. The van der Waals surface area contributed by atoms with Crippen LogP contribution in [0, 0.1) is 34.5 Å². The molecule has 2 N–H and O–H groups in total. The van der Waals surface area contributed by atoms with Gasteiger partial charge in [0.05, 0.1) is 11.5 Å². The van der Waals surface area contributed by atoms with E-state index in [9.17, 15) is 10.1 Å². The Hall–Kier alpha value is -1.08. The van der Waals surface area contributed by atoms with Crippen LogP contribution in [0.1, 0.15) is 51.4 Å². The van der Waals surface area contributed by atoms with Gasteiger partial charge in [0, 0.05) is 0 Å². The van der Waals surface area contributed by atoms with Crippen LogP contribution in [0.15, 0.2) is 0 Å². The smallest absolute Gasteiger partial charge is 0.227 e. The molecule has 4 bridgehead atoms. The van der Waals surface area contributed by atoms with Crippen molar-refractivity contribution < 1.29 is 4.79 Å². The molecule has 114 valence electrons. The van der Waals surface area contributed by atoms with E-state index < -0.39 is 5.54 Å². The summed E-state index contributed by atoms with van der Waals surface area (Å²) < 4.78 is 0. The molecule has 4 heteroatoms. The summed E-state index contributed by atoms with van der Waals surface area (Å²) in [6, 6.07) is 2.41. The van der Waals surface area contributed by atoms with Crippen molar-refractivity contribution in [1.82, 2.24) is 10.6 Å². The minimum absolute atomic E-state index is 0.135. The van der Waals surface area contributed by atoms with Crippen LogP contribution in [-0.2, 0) is 4.79 Å². The lowest BCUT2D eigenvalue weighted by atomic mass is 9.49. The fourth-order valence-electron chi connectivity index (χ4n) is 5.86. The number of hydrogen-bond acceptors (Lipinski definition) is 3. The molecule has 4 aliphatic carbocycles. The number of hydrogen-bond donors (Lipinski definition) is 2. The molecule has 1 heterocycles. The van der Waals surface area contributed by atoms with Crippen molar-refractivity contribution in [1.29, 1.82) is 5.26 Å². The summed E-state index contributed by atoms with van der Waals surface area (Å²) in [6.07, 6.45) is 8.74. The molecule has 0 atom stereocenters. The fraction of sp³-hybridized carbons (Fsp3) is 0.882. The summed E-state index contributed by atoms with van der Waals surface area (Å²) in [5, 5.41) is 16.1. The Morgan fingerprint density at radius 2 is 1.57 bits per heavy atom. The lowest BCUT2D eigenvalue weighted by Crippen LogP contribution is -2.60. The molecule has 0 aromatic rings. The highest BCUT2D eigenvalue weighted by Gasteiger charge is 2.55. The van der Waals surface area contributed by atoms with E-state index in [0.717, 1.165) is 62.9 Å². The van der Waals surface area contributed by atoms with Gasteiger partial charge in [-0.15, -0.1) is 0 Å². The standard InChI is InChI=1S/C17H25N3O/c18-11-17(1-3-19-4-2-17)20-15(21)16-8-12-5-13(9-16)7-14(6-12)10-16/h12-14,19H,1-10H2,(H,20,21). The van der Waals surface area contributed by atoms with Gasteiger partial charge in [-0.1, -0.05) is 0 Å². The van der Waals surface area contributed by atoms with E-state index >= 15 is 0 Å². The maximum absolute atomic E-state index is 13.0. The summed E-state index contributed by atoms with van der Waals surface area (Å²) in [7, 11) is 0. The second-order valence-electron chi connectivity index (χ2n) is 8.10. The zero-order valence-electron chi connectivity index (χ0n) is 12.7. The highest BCUT2D eigenvalue weighted by atomic mass is 16.2. The predicted molar refractivity (Wildman–Crippen MR) is 79.2 cm³/mol. The average Bonchev–Trinajstić information content (AvgIpc) is 2.47. The molecular formula is C17H25N3O. The first-order chi connectivity index (χ1) is 10.1. The van der Waals surface area contributed by atoms with Gasteiger partial charge in [-0.2, -0.15) is 5.26 Å². The zero-order valence-corrected chi connectivity index (χ0v) is 12.7. The number of rotatable bonds is 2. The maximum atomic E-state index is 13.0. The Balaban J connectivity index is 1.53. The van der Waals surface area contributed by atoms with Gasteiger partial charge in [0.1, 0.15) is 5.54 Å². The van der Waals surface area contributed by atoms with E-state index in [2.05, 4.69) is 16.7 Å². The molecule has 0 aromatic heterocycles. The van der Waals surface area contributed by atoms with Crippen molar-refractivity contribution in [3.05, 3.63) is 0 Å². The third kappa shape index (κ3) is 2.17. The third-order valence-electron chi connectivity index (χ3n) is 6.54. The van der Waals surface area contributed by atoms with Gasteiger partial charge in [-0.25, -0.2) is 0 Å². The highest BCUT2D eigenvalue weighted by molar-refractivity contribution is 5.84. The third-order valence-corrected chi connectivity index (χ3v) is 6.54. The molecule has 0 aromatic carbocycles. The van der Waals surface area contributed by atoms with Crippen molar-refractivity contribution in [3.8, 4) is 6.07 Å². The van der Waals surface area contributed by atoms with E-state index in [0.29, 0.717) is 0 Å². The van der Waals surface area contributed by atoms with Gasteiger partial charge < -0.3 is 10.6 Å². The summed E-state index contributed by atoms with van der Waals surface area (Å²) in [5.41, 5.74) is -0.755. The zero-order chi connectivity index (χ0) is 14.5.